The van der Waals surface area contributed by atoms with E-state index in [1.165, 1.54) is 54.7 Å². The van der Waals surface area contributed by atoms with Crippen LogP contribution in [0.2, 0.25) is 5.02 Å². The Morgan fingerprint density at radius 1 is 0.867 bits per heavy atom. The van der Waals surface area contributed by atoms with E-state index in [0.29, 0.717) is 41.0 Å². The molecule has 1 heterocycles. The van der Waals surface area contributed by atoms with E-state index in [4.69, 9.17) is 11.6 Å². The second-order valence-corrected chi connectivity index (χ2v) is 14.1. The molecule has 4 aromatic rings. The monoisotopic (exact) mass is 651 g/mol. The summed E-state index contributed by atoms with van der Waals surface area (Å²) >= 11 is 5.64. The number of sulfonamides is 1. The summed E-state index contributed by atoms with van der Waals surface area (Å²) in [6.45, 7) is 0. The van der Waals surface area contributed by atoms with Gasteiger partial charge in [0.2, 0.25) is 0 Å². The maximum absolute atomic E-state index is 13.3. The zero-order chi connectivity index (χ0) is 31.5. The van der Waals surface area contributed by atoms with Crippen LogP contribution >= 0.6 is 11.6 Å². The highest BCUT2D eigenvalue weighted by molar-refractivity contribution is 7.92. The van der Waals surface area contributed by atoms with Gasteiger partial charge >= 0.3 is 6.18 Å². The molecule has 0 spiro atoms. The molecule has 2 fully saturated rings. The highest BCUT2D eigenvalue weighted by Gasteiger charge is 2.53. The SMILES string of the molecule is O=C(Nc1ccc(S(=O)(=O)Nc2ccc(Cl)c(C(F)(F)F)c2)cc1)c1ccc2c(c1)[C@@H]1[C@H]3CC[C@@H](C3)[C@H]1[C@@H](c1ccccc1)N2. The summed E-state index contributed by atoms with van der Waals surface area (Å²) in [6, 6.07) is 24.7. The van der Waals surface area contributed by atoms with E-state index >= 15 is 0 Å². The van der Waals surface area contributed by atoms with Gasteiger partial charge in [0.1, 0.15) is 0 Å². The summed E-state index contributed by atoms with van der Waals surface area (Å²) in [6.07, 6.45) is -1.09. The summed E-state index contributed by atoms with van der Waals surface area (Å²) in [5.41, 5.74) is 2.98. The lowest BCUT2D eigenvalue weighted by Gasteiger charge is -2.43. The summed E-state index contributed by atoms with van der Waals surface area (Å²) < 4.78 is 67.5. The molecule has 4 aromatic carbocycles. The predicted molar refractivity (Wildman–Crippen MR) is 168 cm³/mol. The lowest BCUT2D eigenvalue weighted by atomic mass is 9.68. The second-order valence-electron chi connectivity index (χ2n) is 12.0. The molecular formula is C34H29ClF3N3O3S. The van der Waals surface area contributed by atoms with Crippen molar-refractivity contribution in [2.45, 2.75) is 42.3 Å². The Hall–Kier alpha value is -4.02. The first-order chi connectivity index (χ1) is 21.5. The van der Waals surface area contributed by atoms with Crippen LogP contribution < -0.4 is 15.4 Å². The number of carbonyl (C=O) groups is 1. The van der Waals surface area contributed by atoms with Crippen molar-refractivity contribution in [1.29, 1.82) is 0 Å². The van der Waals surface area contributed by atoms with Gasteiger partial charge < -0.3 is 10.6 Å². The smallest absolute Gasteiger partial charge is 0.378 e. The van der Waals surface area contributed by atoms with Crippen molar-refractivity contribution >= 4 is 44.6 Å². The van der Waals surface area contributed by atoms with Crippen LogP contribution in [0.1, 0.15) is 58.3 Å². The van der Waals surface area contributed by atoms with E-state index in [2.05, 4.69) is 39.6 Å². The highest BCUT2D eigenvalue weighted by Crippen LogP contribution is 2.63. The van der Waals surface area contributed by atoms with Crippen molar-refractivity contribution in [3.63, 3.8) is 0 Å². The fourth-order valence-electron chi connectivity index (χ4n) is 7.56. The lowest BCUT2D eigenvalue weighted by Crippen LogP contribution is -2.35. The Morgan fingerprint density at radius 3 is 2.31 bits per heavy atom. The van der Waals surface area contributed by atoms with Gasteiger partial charge in [0.05, 0.1) is 21.5 Å². The molecule has 0 aromatic heterocycles. The molecule has 2 saturated carbocycles. The summed E-state index contributed by atoms with van der Waals surface area (Å²) in [7, 11) is -4.21. The molecule has 2 aliphatic carbocycles. The number of fused-ring (bicyclic) bond motifs is 7. The van der Waals surface area contributed by atoms with Crippen LogP contribution in [0, 0.1) is 17.8 Å². The Bertz CT molecular complexity index is 1880. The number of carbonyl (C=O) groups excluding carboxylic acids is 1. The van der Waals surface area contributed by atoms with Crippen molar-refractivity contribution in [3.05, 3.63) is 118 Å². The molecule has 232 valence electrons. The van der Waals surface area contributed by atoms with Gasteiger partial charge in [-0.05, 0) is 115 Å². The van der Waals surface area contributed by atoms with Gasteiger partial charge in [0.25, 0.3) is 15.9 Å². The molecule has 0 radical (unpaired) electrons. The largest absolute Gasteiger partial charge is 0.417 e. The van der Waals surface area contributed by atoms with Gasteiger partial charge in [0.15, 0.2) is 0 Å². The number of anilines is 3. The first-order valence-electron chi connectivity index (χ1n) is 14.7. The maximum Gasteiger partial charge on any atom is 0.417 e. The molecule has 3 N–H and O–H groups in total. The number of halogens is 4. The maximum atomic E-state index is 13.3. The second kappa shape index (κ2) is 11.1. The first-order valence-corrected chi connectivity index (χ1v) is 16.6. The van der Waals surface area contributed by atoms with E-state index in [9.17, 15) is 26.4 Å². The molecule has 7 rings (SSSR count). The van der Waals surface area contributed by atoms with E-state index in [-0.39, 0.29) is 22.5 Å². The fourth-order valence-corrected chi connectivity index (χ4v) is 8.83. The molecule has 0 unspecified atom stereocenters. The third kappa shape index (κ3) is 5.55. The molecule has 1 amide bonds. The number of hydrogen-bond acceptors (Lipinski definition) is 4. The Kier molecular flexibility index (Phi) is 7.32. The van der Waals surface area contributed by atoms with Crippen molar-refractivity contribution in [3.8, 4) is 0 Å². The van der Waals surface area contributed by atoms with Crippen molar-refractivity contribution < 1.29 is 26.4 Å². The minimum absolute atomic E-state index is 0.181. The third-order valence-corrected chi connectivity index (χ3v) is 11.2. The van der Waals surface area contributed by atoms with Crippen LogP contribution in [0.4, 0.5) is 30.2 Å². The van der Waals surface area contributed by atoms with Gasteiger partial charge in [-0.1, -0.05) is 41.9 Å². The zero-order valence-electron chi connectivity index (χ0n) is 23.8. The average molecular weight is 652 g/mol. The van der Waals surface area contributed by atoms with E-state index in [0.717, 1.165) is 17.8 Å². The summed E-state index contributed by atoms with van der Waals surface area (Å²) in [4.78, 5) is 13.2. The van der Waals surface area contributed by atoms with Gasteiger partial charge in [-0.15, -0.1) is 0 Å². The molecule has 6 nitrogen and oxygen atoms in total. The van der Waals surface area contributed by atoms with Crippen molar-refractivity contribution in [1.82, 2.24) is 0 Å². The van der Waals surface area contributed by atoms with Crippen LogP contribution in [-0.2, 0) is 16.2 Å². The van der Waals surface area contributed by atoms with Crippen LogP contribution in [0.5, 0.6) is 0 Å². The molecular weight excluding hydrogens is 623 g/mol. The highest BCUT2D eigenvalue weighted by atomic mass is 35.5. The molecule has 2 bridgehead atoms. The molecule has 0 saturated heterocycles. The lowest BCUT2D eigenvalue weighted by molar-refractivity contribution is -0.137. The molecule has 1 aliphatic heterocycles. The average Bonchev–Trinajstić information content (AvgIpc) is 3.65. The standard InChI is InChI=1S/C34H29ClF3N3O3S/c35-28-14-11-24(18-27(28)34(36,37)38)41-45(43,44)25-12-9-23(10-13-25)39-33(42)22-8-15-29-26(17-22)30-20-6-7-21(16-20)31(30)32(40-29)19-4-2-1-3-5-19/h1-5,8-15,17-18,20-21,30-32,40-41H,6-7,16H2,(H,39,42)/t20-,21-,30-,31+,32+/m0/s1. The summed E-state index contributed by atoms with van der Waals surface area (Å²) in [5, 5.41) is 6.08. The molecule has 11 heteroatoms. The number of rotatable bonds is 6. The quantitative estimate of drug-likeness (QED) is 0.195. The van der Waals surface area contributed by atoms with Crippen molar-refractivity contribution in [2.75, 3.05) is 15.4 Å². The molecule has 45 heavy (non-hydrogen) atoms. The number of hydrogen-bond donors (Lipinski definition) is 3. The van der Waals surface area contributed by atoms with Crippen LogP contribution in [0.25, 0.3) is 0 Å². The normalized spacial score (nSPS) is 23.5. The van der Waals surface area contributed by atoms with E-state index in [1.54, 1.807) is 6.07 Å². The minimum atomic E-state index is -4.74. The van der Waals surface area contributed by atoms with Gasteiger partial charge in [-0.2, -0.15) is 13.2 Å². The zero-order valence-corrected chi connectivity index (χ0v) is 25.4. The Balaban J connectivity index is 1.08. The number of alkyl halides is 3. The van der Waals surface area contributed by atoms with E-state index < -0.39 is 26.8 Å². The first kappa shape index (κ1) is 29.7. The van der Waals surface area contributed by atoms with Gasteiger partial charge in [-0.25, -0.2) is 8.42 Å². The van der Waals surface area contributed by atoms with Gasteiger partial charge in [0, 0.05) is 22.6 Å². The van der Waals surface area contributed by atoms with Crippen LogP contribution in [0.15, 0.2) is 95.9 Å². The summed E-state index contributed by atoms with van der Waals surface area (Å²) in [5.74, 6) is 1.77. The number of nitrogens with one attached hydrogen (secondary N) is 3. The van der Waals surface area contributed by atoms with Gasteiger partial charge in [-0.3, -0.25) is 9.52 Å². The van der Waals surface area contributed by atoms with E-state index in [1.807, 2.05) is 18.2 Å². The Morgan fingerprint density at radius 2 is 1.58 bits per heavy atom. The minimum Gasteiger partial charge on any atom is -0.378 e. The topological polar surface area (TPSA) is 87.3 Å². The number of amides is 1. The molecule has 5 atom stereocenters. The van der Waals surface area contributed by atoms with Crippen LogP contribution in [-0.4, -0.2) is 14.3 Å². The van der Waals surface area contributed by atoms with Crippen molar-refractivity contribution in [2.24, 2.45) is 17.8 Å². The molecule has 3 aliphatic rings. The fraction of sp³-hybridized carbons (Fsp3) is 0.265. The predicted octanol–water partition coefficient (Wildman–Crippen LogP) is 8.71. The number of benzene rings is 4. The van der Waals surface area contributed by atoms with Crippen LogP contribution in [0.3, 0.4) is 0 Å². The Labute approximate surface area is 264 Å². The third-order valence-electron chi connectivity index (χ3n) is 9.45.